The van der Waals surface area contributed by atoms with Crippen molar-refractivity contribution >= 4 is 28.6 Å². The molecule has 7 nitrogen and oxygen atoms in total. The third-order valence-corrected chi connectivity index (χ3v) is 5.42. The second-order valence-electron chi connectivity index (χ2n) is 6.73. The van der Waals surface area contributed by atoms with Gasteiger partial charge in [-0.1, -0.05) is 6.08 Å². The molecule has 0 saturated heterocycles. The lowest BCUT2D eigenvalue weighted by Crippen LogP contribution is -2.30. The number of imidazole rings is 1. The van der Waals surface area contributed by atoms with Crippen molar-refractivity contribution in [1.29, 1.82) is 0 Å². The Morgan fingerprint density at radius 1 is 1.07 bits per heavy atom. The van der Waals surface area contributed by atoms with Gasteiger partial charge < -0.3 is 4.90 Å². The van der Waals surface area contributed by atoms with Crippen LogP contribution in [0.2, 0.25) is 0 Å². The van der Waals surface area contributed by atoms with E-state index in [1.165, 1.54) is 27.7 Å². The molecule has 1 aliphatic heterocycles. The van der Waals surface area contributed by atoms with E-state index in [-0.39, 0.29) is 0 Å². The Bertz CT molecular complexity index is 1230. The Morgan fingerprint density at radius 2 is 1.97 bits per heavy atom. The van der Waals surface area contributed by atoms with E-state index in [1.54, 1.807) is 12.3 Å². The fourth-order valence-corrected chi connectivity index (χ4v) is 3.92. The van der Waals surface area contributed by atoms with E-state index < -0.39 is 11.9 Å². The second-order valence-corrected chi connectivity index (χ2v) is 7.39. The fourth-order valence-electron chi connectivity index (χ4n) is 3.36. The third-order valence-electron chi connectivity index (χ3n) is 4.83. The van der Waals surface area contributed by atoms with E-state index in [9.17, 15) is 13.2 Å². The van der Waals surface area contributed by atoms with Crippen molar-refractivity contribution in [1.82, 2.24) is 28.7 Å². The smallest absolute Gasteiger partial charge is 0.352 e. The summed E-state index contributed by atoms with van der Waals surface area (Å²) < 4.78 is 44.7. The minimum absolute atomic E-state index is 0.292. The summed E-state index contributed by atoms with van der Waals surface area (Å²) in [4.78, 5) is 18.6. The third kappa shape index (κ3) is 3.41. The van der Waals surface area contributed by atoms with Gasteiger partial charge in [-0.05, 0) is 29.6 Å². The van der Waals surface area contributed by atoms with Gasteiger partial charge in [0.2, 0.25) is 0 Å². The molecule has 0 saturated carbocycles. The Hall–Kier alpha value is -3.34. The van der Waals surface area contributed by atoms with Gasteiger partial charge in [0.05, 0.1) is 12.4 Å². The van der Waals surface area contributed by atoms with E-state index in [1.807, 2.05) is 11.6 Å². The minimum atomic E-state index is -4.55. The van der Waals surface area contributed by atoms with Gasteiger partial charge in [0.1, 0.15) is 11.5 Å². The maximum Gasteiger partial charge on any atom is 0.434 e. The van der Waals surface area contributed by atoms with Gasteiger partial charge in [-0.15, -0.1) is 0 Å². The molecule has 0 aliphatic carbocycles. The van der Waals surface area contributed by atoms with Crippen LogP contribution >= 0.6 is 11.5 Å². The molecule has 0 radical (unpaired) electrons. The summed E-state index contributed by atoms with van der Waals surface area (Å²) in [6, 6.07) is 1.80. The number of anilines is 1. The molecule has 5 heterocycles. The van der Waals surface area contributed by atoms with Crippen molar-refractivity contribution < 1.29 is 13.2 Å². The molecule has 11 heteroatoms. The number of nitrogens with zero attached hydrogens (tertiary/aromatic N) is 7. The van der Waals surface area contributed by atoms with E-state index >= 15 is 0 Å². The number of fused-ring (bicyclic) bond motifs is 1. The van der Waals surface area contributed by atoms with Crippen molar-refractivity contribution in [3.63, 3.8) is 0 Å². The summed E-state index contributed by atoms with van der Waals surface area (Å²) in [5, 5.41) is 2.01. The van der Waals surface area contributed by atoms with Gasteiger partial charge in [0, 0.05) is 42.6 Å². The van der Waals surface area contributed by atoms with E-state index in [4.69, 9.17) is 0 Å². The predicted octanol–water partition coefficient (Wildman–Crippen LogP) is 3.96. The first-order chi connectivity index (χ1) is 14.5. The lowest BCUT2D eigenvalue weighted by molar-refractivity contribution is -0.141. The zero-order valence-electron chi connectivity index (χ0n) is 15.4. The molecule has 0 N–H and O–H groups in total. The predicted molar refractivity (Wildman–Crippen MR) is 106 cm³/mol. The van der Waals surface area contributed by atoms with Crippen LogP contribution < -0.4 is 4.90 Å². The molecule has 0 spiro atoms. The largest absolute Gasteiger partial charge is 0.434 e. The van der Waals surface area contributed by atoms with Gasteiger partial charge in [0.25, 0.3) is 0 Å². The quantitative estimate of drug-likeness (QED) is 0.491. The van der Waals surface area contributed by atoms with Crippen molar-refractivity contribution in [3.05, 3.63) is 59.8 Å². The molecule has 0 unspecified atom stereocenters. The fraction of sp³-hybridized carbons (Fsp3) is 0.211. The van der Waals surface area contributed by atoms with Gasteiger partial charge >= 0.3 is 6.18 Å². The SMILES string of the molecule is FC(F)(F)c1cn2c(-c3nccc(N4CCC=C(c5cnsc5)C4)n3)cnc2cn1. The highest BCUT2D eigenvalue weighted by Gasteiger charge is 2.33. The number of hydrogen-bond acceptors (Lipinski definition) is 7. The monoisotopic (exact) mass is 429 g/mol. The highest BCUT2D eigenvalue weighted by Crippen LogP contribution is 2.29. The van der Waals surface area contributed by atoms with Crippen molar-refractivity contribution in [2.75, 3.05) is 18.0 Å². The molecule has 4 aromatic heterocycles. The zero-order chi connectivity index (χ0) is 20.7. The van der Waals surface area contributed by atoms with Gasteiger partial charge in [-0.25, -0.2) is 24.3 Å². The minimum Gasteiger partial charge on any atom is -0.352 e. The normalized spacial score (nSPS) is 14.9. The van der Waals surface area contributed by atoms with Crippen molar-refractivity contribution in [2.45, 2.75) is 12.6 Å². The van der Waals surface area contributed by atoms with Crippen LogP contribution in [0.15, 0.2) is 48.5 Å². The molecule has 0 amide bonds. The summed E-state index contributed by atoms with van der Waals surface area (Å²) in [5.41, 5.74) is 1.93. The van der Waals surface area contributed by atoms with Crippen LogP contribution in [0, 0.1) is 0 Å². The number of hydrogen-bond donors (Lipinski definition) is 0. The molecule has 1 aliphatic rings. The van der Waals surface area contributed by atoms with Crippen LogP contribution in [0.3, 0.4) is 0 Å². The van der Waals surface area contributed by atoms with Gasteiger partial charge in [-0.2, -0.15) is 13.2 Å². The molecule has 30 heavy (non-hydrogen) atoms. The van der Waals surface area contributed by atoms with E-state index in [2.05, 4.69) is 35.3 Å². The molecule has 4 aromatic rings. The highest BCUT2D eigenvalue weighted by molar-refractivity contribution is 7.03. The van der Waals surface area contributed by atoms with Crippen LogP contribution in [-0.2, 0) is 6.18 Å². The van der Waals surface area contributed by atoms with Crippen LogP contribution in [0.25, 0.3) is 22.7 Å². The second kappa shape index (κ2) is 7.17. The molecule has 0 aromatic carbocycles. The maximum atomic E-state index is 13.1. The molecule has 0 bridgehead atoms. The van der Waals surface area contributed by atoms with E-state index in [0.717, 1.165) is 30.9 Å². The van der Waals surface area contributed by atoms with Gasteiger partial charge in [0.15, 0.2) is 17.2 Å². The number of alkyl halides is 3. The topological polar surface area (TPSA) is 72.1 Å². The zero-order valence-corrected chi connectivity index (χ0v) is 16.2. The van der Waals surface area contributed by atoms with Crippen LogP contribution in [0.1, 0.15) is 17.7 Å². The average Bonchev–Trinajstić information content (AvgIpc) is 3.43. The van der Waals surface area contributed by atoms with Gasteiger partial charge in [-0.3, -0.25) is 4.40 Å². The average molecular weight is 429 g/mol. The molecule has 0 fully saturated rings. The Balaban J connectivity index is 1.49. The van der Waals surface area contributed by atoms with Crippen LogP contribution in [0.4, 0.5) is 19.0 Å². The summed E-state index contributed by atoms with van der Waals surface area (Å²) in [7, 11) is 0. The molecular weight excluding hydrogens is 415 g/mol. The van der Waals surface area contributed by atoms with Crippen molar-refractivity contribution in [2.24, 2.45) is 0 Å². The lowest BCUT2D eigenvalue weighted by atomic mass is 10.0. The summed E-state index contributed by atoms with van der Waals surface area (Å²) in [5.74, 6) is 1.00. The molecule has 0 atom stereocenters. The lowest BCUT2D eigenvalue weighted by Gasteiger charge is -2.28. The summed E-state index contributed by atoms with van der Waals surface area (Å²) in [6.45, 7) is 1.46. The molecule has 152 valence electrons. The molecule has 5 rings (SSSR count). The van der Waals surface area contributed by atoms with E-state index in [0.29, 0.717) is 29.5 Å². The first-order valence-electron chi connectivity index (χ1n) is 9.06. The first kappa shape index (κ1) is 18.7. The summed E-state index contributed by atoms with van der Waals surface area (Å²) >= 11 is 1.41. The van der Waals surface area contributed by atoms with Crippen molar-refractivity contribution in [3.8, 4) is 11.5 Å². The Labute approximate surface area is 172 Å². The molecular formula is C19H14F3N7S. The highest BCUT2D eigenvalue weighted by atomic mass is 32.1. The number of rotatable bonds is 3. The summed E-state index contributed by atoms with van der Waals surface area (Å²) in [6.07, 6.45) is 5.41. The van der Waals surface area contributed by atoms with Crippen LogP contribution in [0.5, 0.6) is 0 Å². The standard InChI is InChI=1S/C19H14F3N7S/c20-19(21,22)15-10-29-14(7-25-17(29)8-24-15)18-23-4-3-16(27-18)28-5-1-2-12(9-28)13-6-26-30-11-13/h2-4,6-8,10-11H,1,5,9H2. The first-order valence-corrected chi connectivity index (χ1v) is 9.90. The van der Waals surface area contributed by atoms with Crippen LogP contribution in [-0.4, -0.2) is 41.8 Å². The number of halogens is 3. The maximum absolute atomic E-state index is 13.1. The Kier molecular flexibility index (Phi) is 4.46. The Morgan fingerprint density at radius 3 is 2.77 bits per heavy atom. The number of aromatic nitrogens is 6.